The minimum Gasteiger partial charge on any atom is -0.490 e. The molecule has 0 unspecified atom stereocenters. The molecule has 2 rings (SSSR count). The first-order valence-corrected chi connectivity index (χ1v) is 6.46. The van der Waals surface area contributed by atoms with Gasteiger partial charge in [-0.15, -0.1) is 0 Å². The molecule has 7 heteroatoms. The normalized spacial score (nSPS) is 21.1. The second kappa shape index (κ2) is 5.82. The predicted molar refractivity (Wildman–Crippen MR) is 77.0 cm³/mol. The maximum Gasteiger partial charge on any atom is 0.415 e. The Bertz CT molecular complexity index is 592. The summed E-state index contributed by atoms with van der Waals surface area (Å²) in [5.74, 6) is 0.492. The van der Waals surface area contributed by atoms with E-state index in [9.17, 15) is 10.1 Å². The van der Waals surface area contributed by atoms with Gasteiger partial charge in [-0.05, 0) is 30.9 Å². The van der Waals surface area contributed by atoms with Gasteiger partial charge < -0.3 is 19.6 Å². The largest absolute Gasteiger partial charge is 0.490 e. The number of aromatic nitrogens is 2. The second-order valence-corrected chi connectivity index (χ2v) is 4.89. The summed E-state index contributed by atoms with van der Waals surface area (Å²) in [6.07, 6.45) is 8.45. The van der Waals surface area contributed by atoms with Crippen LogP contribution in [-0.2, 0) is 11.3 Å². The summed E-state index contributed by atoms with van der Waals surface area (Å²) in [5.41, 5.74) is -0.603. The van der Waals surface area contributed by atoms with Crippen LogP contribution in [0.1, 0.15) is 13.8 Å². The maximum atomic E-state index is 10.6. The molecular formula is C14H17N3O4. The molecule has 2 heterocycles. The third kappa shape index (κ3) is 3.31. The lowest BCUT2D eigenvalue weighted by Gasteiger charge is -2.22. The molecule has 7 nitrogen and oxygen atoms in total. The molecular weight excluding hydrogens is 274 g/mol. The fourth-order valence-electron chi connectivity index (χ4n) is 1.98. The van der Waals surface area contributed by atoms with Crippen LogP contribution in [-0.4, -0.2) is 26.7 Å². The number of hydrogen-bond donors (Lipinski definition) is 0. The van der Waals surface area contributed by atoms with Gasteiger partial charge in [0.15, 0.2) is 5.60 Å². The van der Waals surface area contributed by atoms with Crippen LogP contribution in [0.15, 0.2) is 42.8 Å². The van der Waals surface area contributed by atoms with E-state index < -0.39 is 10.5 Å². The molecule has 1 aliphatic rings. The van der Waals surface area contributed by atoms with Gasteiger partial charge in [-0.2, -0.15) is 0 Å². The summed E-state index contributed by atoms with van der Waals surface area (Å²) in [7, 11) is 0. The van der Waals surface area contributed by atoms with Crippen LogP contribution in [0.3, 0.4) is 0 Å². The topological polar surface area (TPSA) is 79.4 Å². The average molecular weight is 291 g/mol. The molecule has 112 valence electrons. The van der Waals surface area contributed by atoms with Crippen molar-refractivity contribution in [2.75, 3.05) is 6.61 Å². The van der Waals surface area contributed by atoms with Crippen LogP contribution < -0.4 is 4.74 Å². The van der Waals surface area contributed by atoms with E-state index in [0.29, 0.717) is 18.9 Å². The van der Waals surface area contributed by atoms with Crippen LogP contribution in [0.2, 0.25) is 0 Å². The smallest absolute Gasteiger partial charge is 0.415 e. The fraction of sp³-hybridized carbons (Fsp3) is 0.357. The second-order valence-electron chi connectivity index (χ2n) is 4.89. The summed E-state index contributed by atoms with van der Waals surface area (Å²) in [5, 5.41) is 10.6. The number of hydrogen-bond acceptors (Lipinski definition) is 5. The Hall–Kier alpha value is -2.57. The Morgan fingerprint density at radius 2 is 2.52 bits per heavy atom. The molecule has 0 aromatic carbocycles. The molecule has 0 amide bonds. The summed E-state index contributed by atoms with van der Waals surface area (Å²) in [6.45, 7) is 8.10. The van der Waals surface area contributed by atoms with Crippen molar-refractivity contribution < 1.29 is 14.4 Å². The quantitative estimate of drug-likeness (QED) is 0.348. The Balaban J connectivity index is 1.99. The molecule has 1 atom stereocenters. The van der Waals surface area contributed by atoms with Crippen molar-refractivity contribution >= 4 is 5.82 Å². The molecule has 0 aliphatic carbocycles. The zero-order chi connectivity index (χ0) is 15.5. The van der Waals surface area contributed by atoms with E-state index in [0.717, 1.165) is 0 Å². The third-order valence-electron chi connectivity index (χ3n) is 2.98. The van der Waals surface area contributed by atoms with Gasteiger partial charge >= 0.3 is 11.8 Å². The molecule has 1 aliphatic heterocycles. The van der Waals surface area contributed by atoms with E-state index in [1.165, 1.54) is 6.20 Å². The minimum absolute atomic E-state index is 0.212. The monoisotopic (exact) mass is 291 g/mol. The van der Waals surface area contributed by atoms with Crippen molar-refractivity contribution in [1.82, 2.24) is 9.55 Å². The van der Waals surface area contributed by atoms with E-state index in [1.54, 1.807) is 22.8 Å². The molecule has 0 fully saturated rings. The molecule has 0 N–H and O–H groups in total. The first-order chi connectivity index (χ1) is 9.97. The minimum atomic E-state index is -0.603. The van der Waals surface area contributed by atoms with Crippen molar-refractivity contribution in [3.05, 3.63) is 53.0 Å². The number of rotatable bonds is 6. The Morgan fingerprint density at radius 3 is 3.10 bits per heavy atom. The number of fused-ring (bicyclic) bond motifs is 1. The lowest BCUT2D eigenvalue weighted by Crippen LogP contribution is -2.36. The van der Waals surface area contributed by atoms with Gasteiger partial charge in [0.25, 0.3) is 0 Å². The molecule has 0 spiro atoms. The van der Waals surface area contributed by atoms with Crippen LogP contribution in [0.25, 0.3) is 0 Å². The molecule has 1 aromatic rings. The predicted octanol–water partition coefficient (Wildman–Crippen LogP) is 2.61. The molecule has 0 saturated carbocycles. The summed E-state index contributed by atoms with van der Waals surface area (Å²) < 4.78 is 13.0. The number of imidazole rings is 1. The number of allylic oxidation sites excluding steroid dienone is 4. The molecule has 0 bridgehead atoms. The van der Waals surface area contributed by atoms with Gasteiger partial charge in [-0.25, -0.2) is 0 Å². The lowest BCUT2D eigenvalue weighted by molar-refractivity contribution is -0.389. The lowest BCUT2D eigenvalue weighted by atomic mass is 10.1. The van der Waals surface area contributed by atoms with E-state index >= 15 is 0 Å². The number of nitro groups is 1. The van der Waals surface area contributed by atoms with Crippen molar-refractivity contribution in [3.63, 3.8) is 0 Å². The van der Waals surface area contributed by atoms with Gasteiger partial charge in [-0.1, -0.05) is 18.7 Å². The number of nitrogens with zero attached hydrogens (tertiary/aromatic N) is 3. The molecule has 21 heavy (non-hydrogen) atoms. The van der Waals surface area contributed by atoms with Gasteiger partial charge in [0.2, 0.25) is 0 Å². The Labute approximate surface area is 122 Å². The van der Waals surface area contributed by atoms with Gasteiger partial charge in [0.05, 0.1) is 6.54 Å². The summed E-state index contributed by atoms with van der Waals surface area (Å²) >= 11 is 0. The van der Waals surface area contributed by atoms with Gasteiger partial charge in [-0.3, -0.25) is 4.57 Å². The van der Waals surface area contributed by atoms with E-state index in [4.69, 9.17) is 9.47 Å². The van der Waals surface area contributed by atoms with Gasteiger partial charge in [0.1, 0.15) is 18.6 Å². The first-order valence-electron chi connectivity index (χ1n) is 6.46. The fourth-order valence-corrected chi connectivity index (χ4v) is 1.98. The van der Waals surface area contributed by atoms with Crippen molar-refractivity contribution in [1.29, 1.82) is 0 Å². The number of ether oxygens (including phenoxy) is 2. The van der Waals surface area contributed by atoms with Crippen molar-refractivity contribution in [2.24, 2.45) is 0 Å². The van der Waals surface area contributed by atoms with Gasteiger partial charge in [0, 0.05) is 4.98 Å². The van der Waals surface area contributed by atoms with E-state index in [2.05, 4.69) is 11.6 Å². The van der Waals surface area contributed by atoms with Crippen LogP contribution in [0, 0.1) is 10.1 Å². The zero-order valence-electron chi connectivity index (χ0n) is 12.0. The van der Waals surface area contributed by atoms with E-state index in [-0.39, 0.29) is 11.8 Å². The summed E-state index contributed by atoms with van der Waals surface area (Å²) in [4.78, 5) is 13.9. The van der Waals surface area contributed by atoms with Crippen LogP contribution >= 0.6 is 0 Å². The molecule has 0 saturated heterocycles. The standard InChI is InChI=1S/C14H17N3O4/c1-4-6-7-11(5-2)20-10-14(3)9-16-8-12(17(18)19)15-13(16)21-14/h4-8H,1,9-10H2,2-3H3/b7-6-,11-5+/t14-/m1/s1. The Morgan fingerprint density at radius 1 is 1.76 bits per heavy atom. The molecule has 0 radical (unpaired) electrons. The van der Waals surface area contributed by atoms with Crippen molar-refractivity contribution in [2.45, 2.75) is 26.0 Å². The highest BCUT2D eigenvalue weighted by atomic mass is 16.6. The average Bonchev–Trinajstić information content (AvgIpc) is 2.94. The highest BCUT2D eigenvalue weighted by molar-refractivity contribution is 5.24. The van der Waals surface area contributed by atoms with Crippen LogP contribution in [0.4, 0.5) is 5.82 Å². The van der Waals surface area contributed by atoms with E-state index in [1.807, 2.05) is 19.9 Å². The first kappa shape index (κ1) is 14.8. The third-order valence-corrected chi connectivity index (χ3v) is 2.98. The maximum absolute atomic E-state index is 10.6. The van der Waals surface area contributed by atoms with Crippen LogP contribution in [0.5, 0.6) is 6.01 Å². The Kier molecular flexibility index (Phi) is 4.11. The SMILES string of the molecule is C=C/C=C\C(=C/C)OC[C@@]1(C)Cn2cc([N+](=O)[O-])nc2O1. The highest BCUT2D eigenvalue weighted by Gasteiger charge is 2.41. The highest BCUT2D eigenvalue weighted by Crippen LogP contribution is 2.31. The van der Waals surface area contributed by atoms with Crippen molar-refractivity contribution in [3.8, 4) is 6.01 Å². The molecule has 1 aromatic heterocycles. The summed E-state index contributed by atoms with van der Waals surface area (Å²) in [6, 6.07) is 0.247. The zero-order valence-corrected chi connectivity index (χ0v) is 12.0.